The van der Waals surface area contributed by atoms with Gasteiger partial charge in [0.15, 0.2) is 0 Å². The van der Waals surface area contributed by atoms with Crippen LogP contribution >= 0.6 is 0 Å². The van der Waals surface area contributed by atoms with Gasteiger partial charge in [0.1, 0.15) is 0 Å². The number of rotatable bonds is 2. The van der Waals surface area contributed by atoms with E-state index in [2.05, 4.69) is 5.32 Å². The van der Waals surface area contributed by atoms with Crippen molar-refractivity contribution in [3.63, 3.8) is 0 Å². The number of likely N-dealkylation sites (tertiary alicyclic amines) is 1. The molecule has 0 bridgehead atoms. The molecule has 1 heterocycles. The van der Waals surface area contributed by atoms with Crippen LogP contribution in [0.2, 0.25) is 0 Å². The van der Waals surface area contributed by atoms with Gasteiger partial charge in [-0.15, -0.1) is 0 Å². The monoisotopic (exact) mass is 260 g/mol. The first-order valence-corrected chi connectivity index (χ1v) is 6.99. The summed E-state index contributed by atoms with van der Waals surface area (Å²) in [4.78, 5) is 13.9. The zero-order valence-electron chi connectivity index (χ0n) is 11.0. The molecule has 2 aliphatic rings. The largest absolute Gasteiger partial charge is 0.393 e. The van der Waals surface area contributed by atoms with Gasteiger partial charge in [0.2, 0.25) is 0 Å². The topological polar surface area (TPSA) is 52.6 Å². The second-order valence-electron chi connectivity index (χ2n) is 5.62. The molecule has 19 heavy (non-hydrogen) atoms. The summed E-state index contributed by atoms with van der Waals surface area (Å²) in [5.74, 6) is 0.792. The fraction of sp³-hybridized carbons (Fsp3) is 0.533. The zero-order chi connectivity index (χ0) is 13.2. The Balaban J connectivity index is 1.52. The van der Waals surface area contributed by atoms with Crippen molar-refractivity contribution in [2.45, 2.75) is 25.5 Å². The molecule has 1 aliphatic heterocycles. The van der Waals surface area contributed by atoms with Gasteiger partial charge >= 0.3 is 6.03 Å². The van der Waals surface area contributed by atoms with Crippen LogP contribution in [0.25, 0.3) is 0 Å². The van der Waals surface area contributed by atoms with Crippen molar-refractivity contribution in [3.05, 3.63) is 35.9 Å². The zero-order valence-corrected chi connectivity index (χ0v) is 11.0. The SMILES string of the molecule is O=C(NCc1ccccc1)N1CC2CCC(O)C2C1. The Bertz CT molecular complexity index is 449. The summed E-state index contributed by atoms with van der Waals surface area (Å²) in [6, 6.07) is 9.90. The number of benzene rings is 1. The minimum absolute atomic E-state index is 0.00884. The first-order valence-electron chi connectivity index (χ1n) is 6.99. The summed E-state index contributed by atoms with van der Waals surface area (Å²) in [6.45, 7) is 2.06. The molecule has 0 radical (unpaired) electrons. The number of carbonyl (C=O) groups excluding carboxylic acids is 1. The van der Waals surface area contributed by atoms with Crippen molar-refractivity contribution < 1.29 is 9.90 Å². The molecule has 1 aromatic rings. The van der Waals surface area contributed by atoms with Gasteiger partial charge in [-0.2, -0.15) is 0 Å². The maximum Gasteiger partial charge on any atom is 0.317 e. The van der Waals surface area contributed by atoms with E-state index in [0.717, 1.165) is 24.9 Å². The van der Waals surface area contributed by atoms with Crippen LogP contribution in [0.15, 0.2) is 30.3 Å². The number of amides is 2. The standard InChI is InChI=1S/C15H20N2O2/c18-14-7-6-12-9-17(10-13(12)14)15(19)16-8-11-4-2-1-3-5-11/h1-5,12-14,18H,6-10H2,(H,16,19). The number of nitrogens with zero attached hydrogens (tertiary/aromatic N) is 1. The number of fused-ring (bicyclic) bond motifs is 1. The number of hydrogen-bond acceptors (Lipinski definition) is 2. The van der Waals surface area contributed by atoms with E-state index in [1.807, 2.05) is 35.2 Å². The van der Waals surface area contributed by atoms with Crippen LogP contribution in [0.3, 0.4) is 0 Å². The van der Waals surface area contributed by atoms with Crippen molar-refractivity contribution >= 4 is 6.03 Å². The van der Waals surface area contributed by atoms with E-state index < -0.39 is 0 Å². The Morgan fingerprint density at radius 2 is 2.05 bits per heavy atom. The summed E-state index contributed by atoms with van der Waals surface area (Å²) in [7, 11) is 0. The maximum absolute atomic E-state index is 12.1. The second kappa shape index (κ2) is 5.21. The third-order valence-electron chi connectivity index (χ3n) is 4.39. The Kier molecular flexibility index (Phi) is 3.42. The number of nitrogens with one attached hydrogen (secondary N) is 1. The quantitative estimate of drug-likeness (QED) is 0.848. The summed E-state index contributed by atoms with van der Waals surface area (Å²) in [6.07, 6.45) is 1.74. The second-order valence-corrected chi connectivity index (χ2v) is 5.62. The normalized spacial score (nSPS) is 29.3. The maximum atomic E-state index is 12.1. The highest BCUT2D eigenvalue weighted by Crippen LogP contribution is 2.37. The summed E-state index contributed by atoms with van der Waals surface area (Å²) in [5.41, 5.74) is 1.11. The van der Waals surface area contributed by atoms with Crippen molar-refractivity contribution in [2.75, 3.05) is 13.1 Å². The van der Waals surface area contributed by atoms with Gasteiger partial charge in [-0.25, -0.2) is 4.79 Å². The van der Waals surface area contributed by atoms with Crippen LogP contribution in [0, 0.1) is 11.8 Å². The highest BCUT2D eigenvalue weighted by Gasteiger charge is 2.43. The summed E-state index contributed by atoms with van der Waals surface area (Å²) >= 11 is 0. The van der Waals surface area contributed by atoms with E-state index >= 15 is 0 Å². The molecule has 1 saturated carbocycles. The van der Waals surface area contributed by atoms with Crippen LogP contribution in [0.5, 0.6) is 0 Å². The third kappa shape index (κ3) is 2.59. The first kappa shape index (κ1) is 12.5. The Hall–Kier alpha value is -1.55. The molecule has 2 N–H and O–H groups in total. The number of aliphatic hydroxyl groups is 1. The highest BCUT2D eigenvalue weighted by molar-refractivity contribution is 5.74. The molecule has 1 saturated heterocycles. The molecule has 4 nitrogen and oxygen atoms in total. The van der Waals surface area contributed by atoms with Crippen LogP contribution in [-0.2, 0) is 6.54 Å². The Labute approximate surface area is 113 Å². The molecule has 2 amide bonds. The van der Waals surface area contributed by atoms with Crippen molar-refractivity contribution in [2.24, 2.45) is 11.8 Å². The molecule has 102 valence electrons. The smallest absolute Gasteiger partial charge is 0.317 e. The van der Waals surface area contributed by atoms with E-state index in [4.69, 9.17) is 0 Å². The minimum Gasteiger partial charge on any atom is -0.393 e. The fourth-order valence-corrected chi connectivity index (χ4v) is 3.29. The van der Waals surface area contributed by atoms with Crippen molar-refractivity contribution in [1.29, 1.82) is 0 Å². The molecule has 1 aliphatic carbocycles. The molecular weight excluding hydrogens is 240 g/mol. The lowest BCUT2D eigenvalue weighted by atomic mass is 10.00. The van der Waals surface area contributed by atoms with Gasteiger partial charge in [0, 0.05) is 25.6 Å². The predicted octanol–water partition coefficient (Wildman–Crippen LogP) is 1.60. The average Bonchev–Trinajstić information content (AvgIpc) is 3.00. The van der Waals surface area contributed by atoms with Gasteiger partial charge in [-0.1, -0.05) is 30.3 Å². The highest BCUT2D eigenvalue weighted by atomic mass is 16.3. The summed E-state index contributed by atoms with van der Waals surface area (Å²) in [5, 5.41) is 12.8. The van der Waals surface area contributed by atoms with E-state index in [1.165, 1.54) is 0 Å². The van der Waals surface area contributed by atoms with E-state index in [-0.39, 0.29) is 12.1 Å². The van der Waals surface area contributed by atoms with Crippen LogP contribution in [-0.4, -0.2) is 35.2 Å². The molecule has 3 atom stereocenters. The van der Waals surface area contributed by atoms with Gasteiger partial charge in [-0.3, -0.25) is 0 Å². The lowest BCUT2D eigenvalue weighted by molar-refractivity contribution is 0.126. The van der Waals surface area contributed by atoms with Gasteiger partial charge in [-0.05, 0) is 24.3 Å². The van der Waals surface area contributed by atoms with E-state index in [0.29, 0.717) is 24.9 Å². The van der Waals surface area contributed by atoms with Crippen LogP contribution in [0.1, 0.15) is 18.4 Å². The molecule has 2 fully saturated rings. The third-order valence-corrected chi connectivity index (χ3v) is 4.39. The molecule has 1 aromatic carbocycles. The molecule has 3 rings (SSSR count). The van der Waals surface area contributed by atoms with Gasteiger partial charge in [0.25, 0.3) is 0 Å². The molecule has 0 aromatic heterocycles. The Morgan fingerprint density at radius 3 is 2.79 bits per heavy atom. The van der Waals surface area contributed by atoms with Gasteiger partial charge in [0.05, 0.1) is 6.10 Å². The number of hydrogen-bond donors (Lipinski definition) is 2. The lowest BCUT2D eigenvalue weighted by Crippen LogP contribution is -2.39. The molecule has 0 spiro atoms. The molecular formula is C15H20N2O2. The number of urea groups is 1. The van der Waals surface area contributed by atoms with Crippen molar-refractivity contribution in [3.8, 4) is 0 Å². The van der Waals surface area contributed by atoms with Gasteiger partial charge < -0.3 is 15.3 Å². The average molecular weight is 260 g/mol. The fourth-order valence-electron chi connectivity index (χ4n) is 3.29. The number of aliphatic hydroxyl groups excluding tert-OH is 1. The van der Waals surface area contributed by atoms with E-state index in [1.54, 1.807) is 0 Å². The lowest BCUT2D eigenvalue weighted by Gasteiger charge is -2.19. The van der Waals surface area contributed by atoms with Crippen molar-refractivity contribution in [1.82, 2.24) is 10.2 Å². The Morgan fingerprint density at radius 1 is 1.26 bits per heavy atom. The first-order chi connectivity index (χ1) is 9.24. The predicted molar refractivity (Wildman–Crippen MR) is 72.5 cm³/mol. The van der Waals surface area contributed by atoms with Crippen LogP contribution in [0.4, 0.5) is 4.79 Å². The van der Waals surface area contributed by atoms with Crippen LogP contribution < -0.4 is 5.32 Å². The number of carbonyl (C=O) groups is 1. The molecule has 4 heteroatoms. The summed E-state index contributed by atoms with van der Waals surface area (Å²) < 4.78 is 0. The van der Waals surface area contributed by atoms with E-state index in [9.17, 15) is 9.90 Å². The minimum atomic E-state index is -0.211. The molecule has 3 unspecified atom stereocenters.